The Hall–Kier alpha value is -3.41. The van der Waals surface area contributed by atoms with Gasteiger partial charge in [-0.25, -0.2) is 0 Å². The second-order valence-electron chi connectivity index (χ2n) is 19.2. The van der Waals surface area contributed by atoms with Crippen molar-refractivity contribution in [3.05, 3.63) is 85.1 Å². The van der Waals surface area contributed by atoms with E-state index in [0.717, 1.165) is 109 Å². The van der Waals surface area contributed by atoms with Gasteiger partial charge >= 0.3 is 17.9 Å². The molecule has 0 spiro atoms. The standard InChI is InChI=1S/C63H108O6/c1-4-7-10-13-16-19-22-23-24-25-26-27-28-29-30-31-32-33-34-35-36-37-38-39-42-44-47-50-53-56-62(65)68-59-60(69-63(66)57-54-51-48-45-41-21-18-15-12-9-6-3)58-67-61(64)55-52-49-46-43-40-20-17-14-11-8-5-2/h7,10,16,19,23-24,26-27,29-30,32-33,35-36,60H,4-6,8-9,11-15,17-18,20-22,25,28,31,34,37-59H2,1-3H3/b10-7-,19-16-,24-23-,27-26-,30-29-,33-32-,36-35-. The molecule has 0 aliphatic heterocycles. The minimum absolute atomic E-state index is 0.0760. The topological polar surface area (TPSA) is 78.9 Å². The van der Waals surface area contributed by atoms with E-state index in [-0.39, 0.29) is 31.1 Å². The van der Waals surface area contributed by atoms with Crippen molar-refractivity contribution >= 4 is 17.9 Å². The van der Waals surface area contributed by atoms with Crippen LogP contribution in [0, 0.1) is 0 Å². The van der Waals surface area contributed by atoms with Crippen molar-refractivity contribution in [3.8, 4) is 0 Å². The maximum Gasteiger partial charge on any atom is 0.306 e. The molecule has 0 N–H and O–H groups in total. The molecule has 0 amide bonds. The van der Waals surface area contributed by atoms with Crippen LogP contribution in [0.5, 0.6) is 0 Å². The third kappa shape index (κ3) is 55.4. The minimum atomic E-state index is -0.776. The average Bonchev–Trinajstić information content (AvgIpc) is 3.35. The SMILES string of the molecule is CC/C=C\C/C=C\C/C=C\C/C=C\C/C=C\C/C=C\C/C=C\CCCCCCCCCC(=O)OCC(COC(=O)CCCCCCCCCCCCC)OC(=O)CCCCCCCCCCCCC. The van der Waals surface area contributed by atoms with Crippen LogP contribution in [0.1, 0.15) is 278 Å². The van der Waals surface area contributed by atoms with E-state index < -0.39 is 6.10 Å². The summed E-state index contributed by atoms with van der Waals surface area (Å²) in [6.07, 6.45) is 74.4. The Balaban J connectivity index is 4.22. The summed E-state index contributed by atoms with van der Waals surface area (Å²) < 4.78 is 16.8. The number of esters is 3. The van der Waals surface area contributed by atoms with Gasteiger partial charge in [-0.05, 0) is 77.0 Å². The molecule has 0 rings (SSSR count). The summed E-state index contributed by atoms with van der Waals surface area (Å²) in [5.74, 6) is -0.883. The largest absolute Gasteiger partial charge is 0.462 e. The maximum atomic E-state index is 12.8. The lowest BCUT2D eigenvalue weighted by molar-refractivity contribution is -0.167. The molecule has 0 aliphatic carbocycles. The number of rotatable bonds is 52. The second-order valence-corrected chi connectivity index (χ2v) is 19.2. The van der Waals surface area contributed by atoms with E-state index in [2.05, 4.69) is 106 Å². The summed E-state index contributed by atoms with van der Waals surface area (Å²) in [5.41, 5.74) is 0. The van der Waals surface area contributed by atoms with Gasteiger partial charge in [0.2, 0.25) is 0 Å². The molecule has 1 unspecified atom stereocenters. The molecule has 0 bridgehead atoms. The van der Waals surface area contributed by atoms with Crippen molar-refractivity contribution in [2.75, 3.05) is 13.2 Å². The fraction of sp³-hybridized carbons (Fsp3) is 0.730. The lowest BCUT2D eigenvalue weighted by Crippen LogP contribution is -2.30. The number of allylic oxidation sites excluding steroid dienone is 14. The van der Waals surface area contributed by atoms with E-state index in [1.54, 1.807) is 0 Å². The molecular weight excluding hydrogens is 853 g/mol. The van der Waals surface area contributed by atoms with E-state index in [9.17, 15) is 14.4 Å². The molecule has 69 heavy (non-hydrogen) atoms. The summed E-state index contributed by atoms with van der Waals surface area (Å²) >= 11 is 0. The summed E-state index contributed by atoms with van der Waals surface area (Å²) in [7, 11) is 0. The highest BCUT2D eigenvalue weighted by molar-refractivity contribution is 5.71. The van der Waals surface area contributed by atoms with Gasteiger partial charge in [0.1, 0.15) is 13.2 Å². The zero-order chi connectivity index (χ0) is 50.0. The van der Waals surface area contributed by atoms with Crippen LogP contribution in [0.2, 0.25) is 0 Å². The lowest BCUT2D eigenvalue weighted by Gasteiger charge is -2.18. The lowest BCUT2D eigenvalue weighted by atomic mass is 10.1. The molecule has 0 fully saturated rings. The molecule has 396 valence electrons. The summed E-state index contributed by atoms with van der Waals surface area (Å²) in [4.78, 5) is 38.0. The van der Waals surface area contributed by atoms with Gasteiger partial charge in [0.25, 0.3) is 0 Å². The van der Waals surface area contributed by atoms with Crippen LogP contribution in [-0.4, -0.2) is 37.2 Å². The monoisotopic (exact) mass is 961 g/mol. The molecule has 0 saturated heterocycles. The van der Waals surface area contributed by atoms with E-state index in [1.807, 2.05) is 0 Å². The van der Waals surface area contributed by atoms with Crippen LogP contribution in [0.15, 0.2) is 85.1 Å². The van der Waals surface area contributed by atoms with Crippen LogP contribution in [0.3, 0.4) is 0 Å². The van der Waals surface area contributed by atoms with Crippen LogP contribution >= 0.6 is 0 Å². The molecule has 0 radical (unpaired) electrons. The highest BCUT2D eigenvalue weighted by Crippen LogP contribution is 2.15. The third-order valence-electron chi connectivity index (χ3n) is 12.4. The van der Waals surface area contributed by atoms with Crippen LogP contribution in [0.25, 0.3) is 0 Å². The van der Waals surface area contributed by atoms with Gasteiger partial charge in [0.05, 0.1) is 0 Å². The van der Waals surface area contributed by atoms with Gasteiger partial charge in [-0.1, -0.05) is 266 Å². The maximum absolute atomic E-state index is 12.8. The van der Waals surface area contributed by atoms with Crippen LogP contribution in [-0.2, 0) is 28.6 Å². The quantitative estimate of drug-likeness (QED) is 0.0262. The van der Waals surface area contributed by atoms with E-state index in [0.29, 0.717) is 19.3 Å². The van der Waals surface area contributed by atoms with Gasteiger partial charge in [-0.3, -0.25) is 14.4 Å². The zero-order valence-electron chi connectivity index (χ0n) is 45.3. The first kappa shape index (κ1) is 65.6. The molecule has 0 aromatic heterocycles. The van der Waals surface area contributed by atoms with E-state index in [1.165, 1.54) is 128 Å². The number of unbranched alkanes of at least 4 members (excludes halogenated alkanes) is 27. The Morgan fingerprint density at radius 3 is 0.884 bits per heavy atom. The van der Waals surface area contributed by atoms with Gasteiger partial charge in [-0.15, -0.1) is 0 Å². The van der Waals surface area contributed by atoms with Crippen molar-refractivity contribution in [1.29, 1.82) is 0 Å². The van der Waals surface area contributed by atoms with Crippen LogP contribution in [0.4, 0.5) is 0 Å². The minimum Gasteiger partial charge on any atom is -0.462 e. The highest BCUT2D eigenvalue weighted by atomic mass is 16.6. The van der Waals surface area contributed by atoms with Gasteiger partial charge in [0, 0.05) is 19.3 Å². The first-order valence-electron chi connectivity index (χ1n) is 29.1. The average molecular weight is 962 g/mol. The number of hydrogen-bond donors (Lipinski definition) is 0. The Morgan fingerprint density at radius 2 is 0.565 bits per heavy atom. The Kier molecular flexibility index (Phi) is 54.3. The molecule has 0 aromatic rings. The molecule has 6 nitrogen and oxygen atoms in total. The first-order chi connectivity index (χ1) is 34.0. The number of hydrogen-bond acceptors (Lipinski definition) is 6. The van der Waals surface area contributed by atoms with Gasteiger partial charge in [-0.2, -0.15) is 0 Å². The summed E-state index contributed by atoms with van der Waals surface area (Å²) in [5, 5.41) is 0. The van der Waals surface area contributed by atoms with Crippen molar-refractivity contribution in [1.82, 2.24) is 0 Å². The second kappa shape index (κ2) is 57.2. The predicted molar refractivity (Wildman–Crippen MR) is 297 cm³/mol. The van der Waals surface area contributed by atoms with Crippen molar-refractivity contribution in [2.45, 2.75) is 284 Å². The molecule has 0 aromatic carbocycles. The Bertz CT molecular complexity index is 1330. The third-order valence-corrected chi connectivity index (χ3v) is 12.4. The smallest absolute Gasteiger partial charge is 0.306 e. The van der Waals surface area contributed by atoms with Crippen molar-refractivity contribution in [2.24, 2.45) is 0 Å². The first-order valence-corrected chi connectivity index (χ1v) is 29.1. The van der Waals surface area contributed by atoms with Crippen LogP contribution < -0.4 is 0 Å². The van der Waals surface area contributed by atoms with Gasteiger partial charge < -0.3 is 14.2 Å². The van der Waals surface area contributed by atoms with Gasteiger partial charge in [0.15, 0.2) is 6.10 Å². The summed E-state index contributed by atoms with van der Waals surface area (Å²) in [6, 6.07) is 0. The van der Waals surface area contributed by atoms with Crippen molar-refractivity contribution in [3.63, 3.8) is 0 Å². The molecule has 0 aliphatic rings. The Labute approximate surface area is 426 Å². The number of carbonyl (C=O) groups excluding carboxylic acids is 3. The predicted octanol–water partition coefficient (Wildman–Crippen LogP) is 19.5. The number of ether oxygens (including phenoxy) is 3. The van der Waals surface area contributed by atoms with E-state index >= 15 is 0 Å². The number of carbonyl (C=O) groups is 3. The Morgan fingerprint density at radius 1 is 0.304 bits per heavy atom. The zero-order valence-corrected chi connectivity index (χ0v) is 45.3. The molecular formula is C63H108O6. The fourth-order valence-electron chi connectivity index (χ4n) is 8.07. The normalized spacial score (nSPS) is 12.7. The molecule has 0 heterocycles. The van der Waals surface area contributed by atoms with Crippen molar-refractivity contribution < 1.29 is 28.6 Å². The summed E-state index contributed by atoms with van der Waals surface area (Å²) in [6.45, 7) is 6.51. The highest BCUT2D eigenvalue weighted by Gasteiger charge is 2.19. The molecule has 0 saturated carbocycles. The van der Waals surface area contributed by atoms with E-state index in [4.69, 9.17) is 14.2 Å². The molecule has 6 heteroatoms. The fourth-order valence-corrected chi connectivity index (χ4v) is 8.07. The molecule has 1 atom stereocenters.